The van der Waals surface area contributed by atoms with Gasteiger partial charge in [-0.05, 0) is 42.8 Å². The molecule has 1 aromatic carbocycles. The van der Waals surface area contributed by atoms with Crippen LogP contribution in [-0.2, 0) is 17.9 Å². The van der Waals surface area contributed by atoms with Gasteiger partial charge in [-0.2, -0.15) is 5.10 Å². The Morgan fingerprint density at radius 1 is 1.18 bits per heavy atom. The molecule has 0 bridgehead atoms. The molecule has 0 aliphatic carbocycles. The normalized spacial score (nSPS) is 11.1. The fourth-order valence-electron chi connectivity index (χ4n) is 3.16. The molecule has 0 fully saturated rings. The molecule has 8 nitrogen and oxygen atoms in total. The van der Waals surface area contributed by atoms with Crippen LogP contribution in [0.2, 0.25) is 0 Å². The quantitative estimate of drug-likeness (QED) is 0.571. The molecule has 1 amide bonds. The van der Waals surface area contributed by atoms with Gasteiger partial charge in [0.25, 0.3) is 5.56 Å². The Balaban J connectivity index is 1.64. The molecule has 3 aromatic heterocycles. The maximum atomic E-state index is 12.9. The van der Waals surface area contributed by atoms with Gasteiger partial charge in [0.1, 0.15) is 17.8 Å². The molecular formula is C20H19N5O3. The van der Waals surface area contributed by atoms with Crippen LogP contribution in [0.3, 0.4) is 0 Å². The summed E-state index contributed by atoms with van der Waals surface area (Å²) in [6.07, 6.45) is 1.64. The van der Waals surface area contributed by atoms with Gasteiger partial charge in [-0.1, -0.05) is 12.1 Å². The minimum atomic E-state index is -0.280. The number of pyridine rings is 1. The molecule has 0 saturated heterocycles. The monoisotopic (exact) mass is 377 g/mol. The Labute approximate surface area is 160 Å². The van der Waals surface area contributed by atoms with E-state index in [0.29, 0.717) is 28.9 Å². The number of hydrogen-bond donors (Lipinski definition) is 1. The van der Waals surface area contributed by atoms with Crippen LogP contribution in [0.5, 0.6) is 5.75 Å². The molecule has 0 radical (unpaired) electrons. The number of methoxy groups -OCH3 is 1. The van der Waals surface area contributed by atoms with Crippen LogP contribution in [0.25, 0.3) is 16.7 Å². The molecule has 0 spiro atoms. The number of ether oxygens (including phenoxy) is 1. The van der Waals surface area contributed by atoms with Crippen molar-refractivity contribution in [3.8, 4) is 5.75 Å². The summed E-state index contributed by atoms with van der Waals surface area (Å²) in [5.41, 5.74) is 2.82. The second-order valence-electron chi connectivity index (χ2n) is 6.45. The second kappa shape index (κ2) is 7.15. The lowest BCUT2D eigenvalue weighted by molar-refractivity contribution is -0.121. The number of nitrogens with one attached hydrogen (secondary N) is 1. The smallest absolute Gasteiger partial charge is 0.277 e. The summed E-state index contributed by atoms with van der Waals surface area (Å²) in [5, 5.41) is 7.19. The third kappa shape index (κ3) is 3.20. The maximum Gasteiger partial charge on any atom is 0.277 e. The molecule has 0 unspecified atom stereocenters. The lowest BCUT2D eigenvalue weighted by Gasteiger charge is -2.12. The summed E-state index contributed by atoms with van der Waals surface area (Å²) >= 11 is 0. The van der Waals surface area contributed by atoms with E-state index in [1.54, 1.807) is 31.5 Å². The van der Waals surface area contributed by atoms with E-state index in [1.807, 2.05) is 31.2 Å². The zero-order valence-electron chi connectivity index (χ0n) is 15.5. The fourth-order valence-corrected chi connectivity index (χ4v) is 3.16. The van der Waals surface area contributed by atoms with E-state index in [0.717, 1.165) is 11.3 Å². The minimum absolute atomic E-state index is 0.105. The number of fused-ring (bicyclic) bond motifs is 3. The highest BCUT2D eigenvalue weighted by Gasteiger charge is 2.15. The van der Waals surface area contributed by atoms with E-state index in [2.05, 4.69) is 15.4 Å². The average molecular weight is 377 g/mol. The molecule has 4 rings (SSSR count). The molecular weight excluding hydrogens is 358 g/mol. The number of hydrogen-bond acceptors (Lipinski definition) is 5. The molecule has 28 heavy (non-hydrogen) atoms. The highest BCUT2D eigenvalue weighted by atomic mass is 16.5. The number of carbonyl (C=O) groups excluding carboxylic acids is 1. The van der Waals surface area contributed by atoms with Crippen LogP contribution in [0, 0.1) is 6.92 Å². The molecule has 0 aliphatic heterocycles. The molecule has 8 heteroatoms. The molecule has 1 N–H and O–H groups in total. The first-order valence-electron chi connectivity index (χ1n) is 8.80. The topological polar surface area (TPSA) is 90.5 Å². The van der Waals surface area contributed by atoms with E-state index in [4.69, 9.17) is 4.74 Å². The number of carbonyl (C=O) groups is 1. The van der Waals surface area contributed by atoms with Crippen LogP contribution in [0.15, 0.2) is 53.5 Å². The van der Waals surface area contributed by atoms with Crippen LogP contribution in [0.1, 0.15) is 11.3 Å². The Morgan fingerprint density at radius 3 is 2.86 bits per heavy atom. The van der Waals surface area contributed by atoms with E-state index in [1.165, 1.54) is 9.08 Å². The Morgan fingerprint density at radius 2 is 2.04 bits per heavy atom. The minimum Gasteiger partial charge on any atom is -0.497 e. The Bertz CT molecular complexity index is 1240. The van der Waals surface area contributed by atoms with Crippen molar-refractivity contribution < 1.29 is 9.53 Å². The average Bonchev–Trinajstić information content (AvgIpc) is 3.12. The van der Waals surface area contributed by atoms with Crippen molar-refractivity contribution in [3.05, 3.63) is 70.3 Å². The summed E-state index contributed by atoms with van der Waals surface area (Å²) in [6, 6.07) is 12.6. The van der Waals surface area contributed by atoms with Crippen molar-refractivity contribution in [2.45, 2.75) is 20.0 Å². The highest BCUT2D eigenvalue weighted by molar-refractivity contribution is 5.80. The number of amides is 1. The summed E-state index contributed by atoms with van der Waals surface area (Å²) in [6.45, 7) is 2.05. The predicted molar refractivity (Wildman–Crippen MR) is 104 cm³/mol. The third-order valence-electron chi connectivity index (χ3n) is 4.48. The highest BCUT2D eigenvalue weighted by Crippen LogP contribution is 2.14. The van der Waals surface area contributed by atoms with Crippen LogP contribution in [-0.4, -0.2) is 32.2 Å². The lowest BCUT2D eigenvalue weighted by Crippen LogP contribution is -2.33. The van der Waals surface area contributed by atoms with Gasteiger partial charge in [-0.3, -0.25) is 14.2 Å². The van der Waals surface area contributed by atoms with Crippen molar-refractivity contribution in [3.63, 3.8) is 0 Å². The Kier molecular flexibility index (Phi) is 4.52. The zero-order valence-corrected chi connectivity index (χ0v) is 15.5. The SMILES string of the molecule is COc1cccc(CNC(=O)Cn2c(=O)c3cc(C)nn3c3ncccc32)c1. The van der Waals surface area contributed by atoms with E-state index in [-0.39, 0.29) is 18.0 Å². The summed E-state index contributed by atoms with van der Waals surface area (Å²) in [7, 11) is 1.59. The van der Waals surface area contributed by atoms with Gasteiger partial charge in [-0.25, -0.2) is 9.50 Å². The van der Waals surface area contributed by atoms with E-state index < -0.39 is 0 Å². The summed E-state index contributed by atoms with van der Waals surface area (Å²) in [5.74, 6) is 0.456. The fraction of sp³-hybridized carbons (Fsp3) is 0.200. The van der Waals surface area contributed by atoms with Crippen molar-refractivity contribution in [1.82, 2.24) is 24.5 Å². The first-order chi connectivity index (χ1) is 13.6. The maximum absolute atomic E-state index is 12.9. The Hall–Kier alpha value is -3.68. The zero-order chi connectivity index (χ0) is 19.7. The summed E-state index contributed by atoms with van der Waals surface area (Å²) in [4.78, 5) is 29.8. The van der Waals surface area contributed by atoms with Crippen LogP contribution >= 0.6 is 0 Å². The lowest BCUT2D eigenvalue weighted by atomic mass is 10.2. The van der Waals surface area contributed by atoms with Crippen LogP contribution in [0.4, 0.5) is 0 Å². The van der Waals surface area contributed by atoms with Gasteiger partial charge in [0.2, 0.25) is 5.91 Å². The van der Waals surface area contributed by atoms with Crippen molar-refractivity contribution in [2.75, 3.05) is 7.11 Å². The van der Waals surface area contributed by atoms with Crippen molar-refractivity contribution in [2.24, 2.45) is 0 Å². The van der Waals surface area contributed by atoms with Gasteiger partial charge in [-0.15, -0.1) is 0 Å². The van der Waals surface area contributed by atoms with Crippen molar-refractivity contribution in [1.29, 1.82) is 0 Å². The predicted octanol–water partition coefficient (Wildman–Crippen LogP) is 1.68. The van der Waals surface area contributed by atoms with Gasteiger partial charge in [0.05, 0.1) is 18.3 Å². The van der Waals surface area contributed by atoms with Gasteiger partial charge < -0.3 is 10.1 Å². The van der Waals surface area contributed by atoms with Gasteiger partial charge in [0, 0.05) is 12.7 Å². The second-order valence-corrected chi connectivity index (χ2v) is 6.45. The number of benzene rings is 1. The molecule has 3 heterocycles. The van der Waals surface area contributed by atoms with Gasteiger partial charge >= 0.3 is 0 Å². The van der Waals surface area contributed by atoms with Crippen LogP contribution < -0.4 is 15.6 Å². The molecule has 4 aromatic rings. The first-order valence-corrected chi connectivity index (χ1v) is 8.80. The molecule has 0 saturated carbocycles. The number of aryl methyl sites for hydroxylation is 1. The van der Waals surface area contributed by atoms with E-state index >= 15 is 0 Å². The molecule has 0 atom stereocenters. The number of rotatable bonds is 5. The third-order valence-corrected chi connectivity index (χ3v) is 4.48. The first kappa shape index (κ1) is 17.7. The van der Waals surface area contributed by atoms with E-state index in [9.17, 15) is 9.59 Å². The summed E-state index contributed by atoms with van der Waals surface area (Å²) < 4.78 is 8.15. The molecule has 142 valence electrons. The molecule has 0 aliphatic rings. The largest absolute Gasteiger partial charge is 0.497 e. The number of aromatic nitrogens is 4. The number of nitrogens with zero attached hydrogens (tertiary/aromatic N) is 4. The van der Waals surface area contributed by atoms with Crippen molar-refractivity contribution >= 4 is 22.6 Å². The van der Waals surface area contributed by atoms with Gasteiger partial charge in [0.15, 0.2) is 5.65 Å². The standard InChI is InChI=1S/C20H19N5O3/c1-13-9-17-20(27)24(16-7-4-8-21-19(16)25(17)23-13)12-18(26)22-11-14-5-3-6-15(10-14)28-2/h3-10H,11-12H2,1-2H3,(H,22,26).